The summed E-state index contributed by atoms with van der Waals surface area (Å²) in [6.07, 6.45) is 10.0. The zero-order valence-electron chi connectivity index (χ0n) is 34.0. The summed E-state index contributed by atoms with van der Waals surface area (Å²) >= 11 is 0. The maximum atomic E-state index is 7.50. The predicted molar refractivity (Wildman–Crippen MR) is 170 cm³/mol. The first-order valence-electron chi connectivity index (χ1n) is 10.4. The third kappa shape index (κ3) is 418. The molecule has 69 heavy (non-hydrogen) atoms. The van der Waals surface area contributed by atoms with Gasteiger partial charge in [-0.15, -0.1) is 5.41 Å². The van der Waals surface area contributed by atoms with E-state index in [-0.39, 0.29) is 183 Å². The van der Waals surface area contributed by atoms with Crippen LogP contribution in [0.3, 0.4) is 0 Å². The van der Waals surface area contributed by atoms with E-state index < -0.39 is 0 Å². The first kappa shape index (κ1) is 208. The van der Waals surface area contributed by atoms with Gasteiger partial charge in [0.2, 0.25) is 0 Å². The summed E-state index contributed by atoms with van der Waals surface area (Å²) in [5.41, 5.74) is 0.506. The molecule has 0 amide bonds. The smallest absolute Gasteiger partial charge is 0.336 e. The van der Waals surface area contributed by atoms with Gasteiger partial charge in [-0.2, -0.15) is 0 Å². The van der Waals surface area contributed by atoms with Gasteiger partial charge in [-0.25, -0.2) is 0 Å². The van der Waals surface area contributed by atoms with Crippen LogP contribution >= 0.6 is 25.1 Å². The Hall–Kier alpha value is 1.54. The molecule has 0 spiro atoms. The molecule has 21 nitrogen and oxygen atoms in total. The van der Waals surface area contributed by atoms with Crippen molar-refractivity contribution >= 4 is 25.1 Å². The molecule has 1 saturated carbocycles. The Labute approximate surface area is 529 Å². The summed E-state index contributed by atoms with van der Waals surface area (Å²) < 4.78 is 158. The summed E-state index contributed by atoms with van der Waals surface area (Å²) in [6, 6.07) is 0. The van der Waals surface area contributed by atoms with Gasteiger partial charge in [0.15, 0.2) is 0 Å². The second-order valence-electron chi connectivity index (χ2n) is 6.06. The van der Waals surface area contributed by atoms with Crippen LogP contribution in [0.25, 0.3) is 0 Å². The van der Waals surface area contributed by atoms with Gasteiger partial charge in [0.1, 0.15) is 0 Å². The van der Waals surface area contributed by atoms with Crippen LogP contribution < -0.4 is 0 Å². The van der Waals surface area contributed by atoms with Crippen molar-refractivity contribution in [1.82, 2.24) is 0 Å². The Bertz CT molecular complexity index is 840. The first-order valence-corrected chi connectivity index (χ1v) is 13.8. The zero-order chi connectivity index (χ0) is 55.8. The second-order valence-corrected chi connectivity index (χ2v) is 10.4. The largest absolute Gasteiger partial charge is 2.00 e. The van der Waals surface area contributed by atoms with Gasteiger partial charge in [-0.05, 0) is 54.1 Å². The predicted octanol–water partition coefficient (Wildman–Crippen LogP) is 5.85. The van der Waals surface area contributed by atoms with Crippen molar-refractivity contribution < 1.29 is 276 Å². The van der Waals surface area contributed by atoms with Crippen LogP contribution in [0, 0.1) is 200 Å². The van der Waals surface area contributed by atoms with Crippen LogP contribution in [-0.2, 0) is 276 Å². The van der Waals surface area contributed by atoms with Crippen LogP contribution in [-0.4, -0.2) is 0 Å². The molecule has 0 aromatic carbocycles. The van der Waals surface area contributed by atoms with Crippen LogP contribution in [0.4, 0.5) is 0 Å². The number of hydrogen-bond donors (Lipinski definition) is 0. The van der Waals surface area contributed by atoms with E-state index in [1.807, 2.05) is 32.1 Å². The first-order chi connectivity index (χ1) is 29.2. The minimum Gasteiger partial charge on any atom is -0.336 e. The SMILES string of the molecule is [C-]#[O+].[C-]#[O+].[C-]#[O+].[C-]#[O+].[C-]#[O+].[C-]#[O+].[C-]#[O+].[C-]#[O+].[C-]#[O+].[C-]#[O+].[C-]#[O+].[C-]#[O+].[C-]#[O+].[C-]#[O+].[C-]#[O+].[C-]#[O+].[C-]#[O+].[C-]#[O+].[C-]#[O+].[C-]#[O+].[C-]#[O+].[CH2-]C(C)(C)[C]1[P][P][C](C(C)(C)C)[P]1.[CH]1[CH][CH][CH][CH]1.[Fe+2].[Ir].[Ir].[Ir].[Ir].[Ir].[Ir].[Ir].[Ir]. The molecule has 0 unspecified atom stereocenters. The Morgan fingerprint density at radius 2 is 0.377 bits per heavy atom. The molecule has 0 N–H and O–H groups in total. The molecule has 2 fully saturated rings. The normalized spacial score (nSPS) is 7.65. The number of rotatable bonds is 1. The summed E-state index contributed by atoms with van der Waals surface area (Å²) in [7, 11) is 4.42. The molecule has 18 radical (unpaired) electrons. The molecule has 0 bridgehead atoms. The van der Waals surface area contributed by atoms with Crippen LogP contribution in [0.15, 0.2) is 0 Å². The molecule has 2 aliphatic rings. The Balaban J connectivity index is -0.00000000869. The average molecular weight is 2480 g/mol. The summed E-state index contributed by atoms with van der Waals surface area (Å²) in [5, 5.41) is 3.21. The topological polar surface area (TPSA) is 418 Å². The van der Waals surface area contributed by atoms with Gasteiger partial charge in [0, 0.05) is 172 Å². The maximum absolute atomic E-state index is 7.50. The molecule has 1 aliphatic carbocycles. The van der Waals surface area contributed by atoms with Crippen molar-refractivity contribution in [2.75, 3.05) is 0 Å². The minimum atomic E-state index is 0. The van der Waals surface area contributed by atoms with E-state index in [1.54, 1.807) is 10.8 Å². The molecular formula is C36H22FeIr8O21P3+. The van der Waals surface area contributed by atoms with Crippen molar-refractivity contribution in [3.8, 4) is 0 Å². The monoisotopic (exact) mass is 2480 g/mol. The Morgan fingerprint density at radius 3 is 0.435 bits per heavy atom. The quantitative estimate of drug-likeness (QED) is 0.129. The number of hydrogen-bond acceptors (Lipinski definition) is 0. The molecule has 0 atom stereocenters. The van der Waals surface area contributed by atoms with Crippen molar-refractivity contribution in [3.05, 3.63) is 189 Å². The Kier molecular flexibility index (Phi) is 1300. The van der Waals surface area contributed by atoms with Crippen molar-refractivity contribution in [3.63, 3.8) is 0 Å². The minimum absolute atomic E-state index is 0. The van der Waals surface area contributed by atoms with E-state index in [9.17, 15) is 0 Å². The molecular weight excluding hydrogens is 2450 g/mol. The molecule has 1 aliphatic heterocycles. The van der Waals surface area contributed by atoms with Crippen molar-refractivity contribution in [2.45, 2.75) is 34.6 Å². The summed E-state index contributed by atoms with van der Waals surface area (Å²) in [4.78, 5) is 0. The standard InChI is InChI=1S/C10H17P3.C5H5.21CO.Fe.8Ir/c1-9(2,3)7-11-8(13-12-7)10(4,5)6;1-2-4-5-3-1;21*1-2;;;;;;;;;/h1H2,2-6H3;1-5H;;;;;;;;;;;;;;;;;;;;;;;;;;;;;;/q-1;;;;;;;;;;;;;;;;;;;;;;;+2;;;;;;;;. The van der Waals surface area contributed by atoms with Gasteiger partial charge in [0.25, 0.3) is 0 Å². The summed E-state index contributed by atoms with van der Waals surface area (Å²) in [5.74, 6) is 0. The van der Waals surface area contributed by atoms with Crippen LogP contribution in [0.5, 0.6) is 0 Å². The van der Waals surface area contributed by atoms with E-state index >= 15 is 0 Å². The zero-order valence-corrected chi connectivity index (χ0v) is 57.0. The fourth-order valence-corrected chi connectivity index (χ4v) is 7.85. The van der Waals surface area contributed by atoms with Crippen molar-refractivity contribution in [1.29, 1.82) is 0 Å². The van der Waals surface area contributed by atoms with Gasteiger partial charge in [-0.3, -0.25) is 0 Å². The fourth-order valence-electron chi connectivity index (χ4n) is 1.16. The van der Waals surface area contributed by atoms with Gasteiger partial charge in [-0.1, -0.05) is 43.2 Å². The third-order valence-electron chi connectivity index (χ3n) is 2.28. The van der Waals surface area contributed by atoms with E-state index in [2.05, 4.69) is 181 Å². The fraction of sp³-hybridized carbons (Fsp3) is 0.194. The molecule has 386 valence electrons. The molecule has 2 rings (SSSR count). The average Bonchev–Trinajstić information content (AvgIpc) is 4.18. The molecule has 1 heterocycles. The van der Waals surface area contributed by atoms with Crippen LogP contribution in [0.1, 0.15) is 34.6 Å². The molecule has 33 heteroatoms. The van der Waals surface area contributed by atoms with E-state index in [4.69, 9.17) is 97.7 Å². The van der Waals surface area contributed by atoms with E-state index in [0.717, 1.165) is 0 Å². The molecule has 0 aromatic heterocycles. The Morgan fingerprint density at radius 1 is 0.275 bits per heavy atom. The van der Waals surface area contributed by atoms with Gasteiger partial charge < -0.3 is 6.92 Å². The summed E-state index contributed by atoms with van der Waals surface area (Å²) in [6.45, 7) is 110. The van der Waals surface area contributed by atoms with E-state index in [0.29, 0.717) is 5.41 Å². The van der Waals surface area contributed by atoms with Gasteiger partial charge in [0.05, 0.1) is 0 Å². The molecule has 0 aromatic rings. The molecule has 1 saturated heterocycles. The third-order valence-corrected chi connectivity index (χ3v) is 9.38. The van der Waals surface area contributed by atoms with Gasteiger partial charge >= 0.3 is 254 Å². The second kappa shape index (κ2) is 431. The maximum Gasteiger partial charge on any atom is 2.00 e. The van der Waals surface area contributed by atoms with Crippen LogP contribution in [0.2, 0.25) is 0 Å². The van der Waals surface area contributed by atoms with Crippen molar-refractivity contribution in [2.24, 2.45) is 10.8 Å². The van der Waals surface area contributed by atoms with E-state index in [1.165, 1.54) is 25.1 Å².